The van der Waals surface area contributed by atoms with E-state index in [4.69, 9.17) is 0 Å². The van der Waals surface area contributed by atoms with E-state index in [-0.39, 0.29) is 5.91 Å². The van der Waals surface area contributed by atoms with Crippen molar-refractivity contribution in [2.45, 2.75) is 6.42 Å². The van der Waals surface area contributed by atoms with Crippen molar-refractivity contribution >= 4 is 11.5 Å². The molecule has 0 atom stereocenters. The zero-order valence-electron chi connectivity index (χ0n) is 9.23. The number of hydrogen-bond acceptors (Lipinski definition) is 1. The minimum absolute atomic E-state index is 0.0170. The van der Waals surface area contributed by atoms with E-state index in [1.165, 1.54) is 17.2 Å². The smallest absolute Gasteiger partial charge is 0.246 e. The van der Waals surface area contributed by atoms with Crippen molar-refractivity contribution in [2.24, 2.45) is 0 Å². The first-order valence-corrected chi connectivity index (χ1v) is 5.47. The fraction of sp³-hybridized carbons (Fsp3) is 0.214. The predicted octanol–water partition coefficient (Wildman–Crippen LogP) is 2.49. The largest absolute Gasteiger partial charge is 0.335 e. The van der Waals surface area contributed by atoms with Crippen LogP contribution in [0.3, 0.4) is 0 Å². The molecule has 2 nitrogen and oxygen atoms in total. The lowest BCUT2D eigenvalue weighted by Gasteiger charge is -2.25. The molecule has 1 amide bonds. The highest BCUT2D eigenvalue weighted by Gasteiger charge is 2.15. The van der Waals surface area contributed by atoms with Crippen LogP contribution in [0.2, 0.25) is 0 Å². The molecule has 82 valence electrons. The van der Waals surface area contributed by atoms with E-state index in [1.54, 1.807) is 4.90 Å². The van der Waals surface area contributed by atoms with E-state index >= 15 is 0 Å². The van der Waals surface area contributed by atoms with Crippen molar-refractivity contribution in [3.05, 3.63) is 54.6 Å². The highest BCUT2D eigenvalue weighted by Crippen LogP contribution is 2.21. The molecular formula is C14H15NO. The van der Waals surface area contributed by atoms with Gasteiger partial charge in [0.2, 0.25) is 5.91 Å². The van der Waals surface area contributed by atoms with Gasteiger partial charge in [0.1, 0.15) is 0 Å². The minimum atomic E-state index is 0.0170. The van der Waals surface area contributed by atoms with E-state index in [2.05, 4.69) is 24.8 Å². The molecule has 0 radical (unpaired) electrons. The average Bonchev–Trinajstić information content (AvgIpc) is 2.39. The molecule has 16 heavy (non-hydrogen) atoms. The van der Waals surface area contributed by atoms with Gasteiger partial charge in [-0.05, 0) is 23.6 Å². The van der Waals surface area contributed by atoms with Gasteiger partial charge in [0.15, 0.2) is 0 Å². The summed E-state index contributed by atoms with van der Waals surface area (Å²) in [6.07, 6.45) is 4.42. The Morgan fingerprint density at radius 2 is 2.06 bits per heavy atom. The third-order valence-corrected chi connectivity index (χ3v) is 2.84. The number of hydrogen-bond donors (Lipinski definition) is 0. The van der Waals surface area contributed by atoms with Crippen LogP contribution in [0.4, 0.5) is 0 Å². The lowest BCUT2D eigenvalue weighted by atomic mass is 9.99. The van der Waals surface area contributed by atoms with Crippen molar-refractivity contribution in [1.29, 1.82) is 0 Å². The molecule has 0 saturated heterocycles. The quantitative estimate of drug-likeness (QED) is 0.691. The standard InChI is InChI=1S/C14H15NO/c1-2-14(16)15-10-8-13(9-11-15)12-6-4-3-5-7-12/h2-8H,1,9-11H2. The maximum Gasteiger partial charge on any atom is 0.246 e. The Bertz CT molecular complexity index is 420. The van der Waals surface area contributed by atoms with Gasteiger partial charge in [0.25, 0.3) is 0 Å². The van der Waals surface area contributed by atoms with Gasteiger partial charge in [-0.3, -0.25) is 4.79 Å². The first-order chi connectivity index (χ1) is 7.81. The van der Waals surface area contributed by atoms with Crippen LogP contribution in [-0.2, 0) is 4.79 Å². The van der Waals surface area contributed by atoms with Gasteiger partial charge in [-0.15, -0.1) is 0 Å². The molecule has 0 spiro atoms. The Balaban J connectivity index is 2.09. The Morgan fingerprint density at radius 3 is 2.62 bits per heavy atom. The van der Waals surface area contributed by atoms with Gasteiger partial charge >= 0.3 is 0 Å². The maximum absolute atomic E-state index is 11.4. The molecule has 2 rings (SSSR count). The first-order valence-electron chi connectivity index (χ1n) is 5.47. The molecule has 1 aromatic carbocycles. The van der Waals surface area contributed by atoms with Crippen LogP contribution >= 0.6 is 0 Å². The summed E-state index contributed by atoms with van der Waals surface area (Å²) in [5.41, 5.74) is 2.59. The van der Waals surface area contributed by atoms with Crippen molar-refractivity contribution in [3.63, 3.8) is 0 Å². The van der Waals surface area contributed by atoms with Crippen LogP contribution in [-0.4, -0.2) is 23.9 Å². The van der Waals surface area contributed by atoms with Crippen molar-refractivity contribution in [3.8, 4) is 0 Å². The van der Waals surface area contributed by atoms with Crippen molar-refractivity contribution in [1.82, 2.24) is 4.90 Å². The van der Waals surface area contributed by atoms with E-state index in [0.29, 0.717) is 6.54 Å². The van der Waals surface area contributed by atoms with E-state index < -0.39 is 0 Å². The van der Waals surface area contributed by atoms with Gasteiger partial charge < -0.3 is 4.90 Å². The van der Waals surface area contributed by atoms with Crippen LogP contribution in [0.1, 0.15) is 12.0 Å². The van der Waals surface area contributed by atoms with E-state index in [0.717, 1.165) is 13.0 Å². The summed E-state index contributed by atoms with van der Waals surface area (Å²) >= 11 is 0. The van der Waals surface area contributed by atoms with Gasteiger partial charge in [0.05, 0.1) is 0 Å². The topological polar surface area (TPSA) is 20.3 Å². The predicted molar refractivity (Wildman–Crippen MR) is 65.8 cm³/mol. The molecule has 0 fully saturated rings. The molecule has 1 aromatic rings. The summed E-state index contributed by atoms with van der Waals surface area (Å²) in [7, 11) is 0. The first kappa shape index (κ1) is 10.7. The fourth-order valence-corrected chi connectivity index (χ4v) is 1.91. The molecule has 2 heteroatoms. The zero-order valence-corrected chi connectivity index (χ0v) is 9.23. The molecule has 0 bridgehead atoms. The lowest BCUT2D eigenvalue weighted by molar-refractivity contribution is -0.125. The molecule has 0 aliphatic carbocycles. The third-order valence-electron chi connectivity index (χ3n) is 2.84. The maximum atomic E-state index is 11.4. The van der Waals surface area contributed by atoms with Crippen molar-refractivity contribution < 1.29 is 4.79 Å². The average molecular weight is 213 g/mol. The Labute approximate surface area is 95.9 Å². The summed E-state index contributed by atoms with van der Waals surface area (Å²) < 4.78 is 0. The number of carbonyl (C=O) groups excluding carboxylic acids is 1. The second kappa shape index (κ2) is 4.79. The second-order valence-electron chi connectivity index (χ2n) is 3.83. The zero-order chi connectivity index (χ0) is 11.4. The minimum Gasteiger partial charge on any atom is -0.335 e. The number of rotatable bonds is 2. The number of nitrogens with zero attached hydrogens (tertiary/aromatic N) is 1. The Hall–Kier alpha value is -1.83. The van der Waals surface area contributed by atoms with Crippen molar-refractivity contribution in [2.75, 3.05) is 13.1 Å². The molecule has 1 heterocycles. The van der Waals surface area contributed by atoms with E-state index in [9.17, 15) is 4.79 Å². The highest BCUT2D eigenvalue weighted by atomic mass is 16.2. The van der Waals surface area contributed by atoms with Crippen LogP contribution < -0.4 is 0 Å². The summed E-state index contributed by atoms with van der Waals surface area (Å²) in [4.78, 5) is 13.2. The second-order valence-corrected chi connectivity index (χ2v) is 3.83. The molecule has 0 saturated carbocycles. The van der Waals surface area contributed by atoms with Gasteiger partial charge in [0, 0.05) is 13.1 Å². The molecule has 1 aliphatic heterocycles. The number of amides is 1. The van der Waals surface area contributed by atoms with Crippen LogP contribution in [0.15, 0.2) is 49.1 Å². The van der Waals surface area contributed by atoms with Gasteiger partial charge in [-0.25, -0.2) is 0 Å². The Morgan fingerprint density at radius 1 is 1.31 bits per heavy atom. The monoisotopic (exact) mass is 213 g/mol. The normalized spacial score (nSPS) is 15.5. The summed E-state index contributed by atoms with van der Waals surface area (Å²) in [6, 6.07) is 10.3. The van der Waals surface area contributed by atoms with Crippen LogP contribution in [0, 0.1) is 0 Å². The third kappa shape index (κ3) is 2.22. The van der Waals surface area contributed by atoms with Gasteiger partial charge in [-0.1, -0.05) is 43.0 Å². The molecule has 0 N–H and O–H groups in total. The van der Waals surface area contributed by atoms with Crippen LogP contribution in [0.5, 0.6) is 0 Å². The SMILES string of the molecule is C=CC(=O)N1CC=C(c2ccccc2)CC1. The summed E-state index contributed by atoms with van der Waals surface area (Å²) in [6.45, 7) is 4.97. The summed E-state index contributed by atoms with van der Waals surface area (Å²) in [5, 5.41) is 0. The number of benzene rings is 1. The molecule has 0 aromatic heterocycles. The molecule has 1 aliphatic rings. The lowest BCUT2D eigenvalue weighted by Crippen LogP contribution is -2.33. The fourth-order valence-electron chi connectivity index (χ4n) is 1.91. The Kier molecular flexibility index (Phi) is 3.20. The highest BCUT2D eigenvalue weighted by molar-refractivity contribution is 5.87. The summed E-state index contributed by atoms with van der Waals surface area (Å²) in [5.74, 6) is 0.0170. The number of carbonyl (C=O) groups is 1. The molecule has 0 unspecified atom stereocenters. The van der Waals surface area contributed by atoms with Gasteiger partial charge in [-0.2, -0.15) is 0 Å². The molecular weight excluding hydrogens is 198 g/mol. The van der Waals surface area contributed by atoms with Crippen LogP contribution in [0.25, 0.3) is 5.57 Å². The van der Waals surface area contributed by atoms with E-state index in [1.807, 2.05) is 18.2 Å².